The quantitative estimate of drug-likeness (QED) is 0.818. The number of hydrogen-bond donors (Lipinski definition) is 2. The predicted octanol–water partition coefficient (Wildman–Crippen LogP) is 2.38. The van der Waals surface area contributed by atoms with Crippen LogP contribution in [0.3, 0.4) is 0 Å². The molecule has 90 valence electrons. The van der Waals surface area contributed by atoms with E-state index in [1.165, 1.54) is 31.9 Å². The monoisotopic (exact) mass is 232 g/mol. The lowest BCUT2D eigenvalue weighted by Crippen LogP contribution is -2.25. The number of rotatable bonds is 5. The minimum absolute atomic E-state index is 0.325. The molecule has 0 spiro atoms. The normalized spacial score (nSPS) is 19.4. The van der Waals surface area contributed by atoms with Gasteiger partial charge in [-0.05, 0) is 43.6 Å². The second-order valence-corrected chi connectivity index (χ2v) is 5.07. The van der Waals surface area contributed by atoms with E-state index >= 15 is 0 Å². The second kappa shape index (κ2) is 4.02. The van der Waals surface area contributed by atoms with Gasteiger partial charge in [-0.3, -0.25) is 4.98 Å². The van der Waals surface area contributed by atoms with Crippen LogP contribution in [0.25, 0.3) is 0 Å². The van der Waals surface area contributed by atoms with Crippen LogP contribution in [0.5, 0.6) is 0 Å². The molecular formula is C13H16N2O2. The molecule has 0 atom stereocenters. The molecule has 0 radical (unpaired) electrons. The molecule has 3 rings (SSSR count). The molecule has 0 amide bonds. The summed E-state index contributed by atoms with van der Waals surface area (Å²) in [5, 5.41) is 12.5. The summed E-state index contributed by atoms with van der Waals surface area (Å²) in [6, 6.07) is 2.01. The Hall–Kier alpha value is -1.58. The third-order valence-corrected chi connectivity index (χ3v) is 3.63. The molecule has 1 aromatic rings. The van der Waals surface area contributed by atoms with Gasteiger partial charge in [0.15, 0.2) is 0 Å². The lowest BCUT2D eigenvalue weighted by Gasteiger charge is -2.19. The average molecular weight is 232 g/mol. The minimum Gasteiger partial charge on any atom is -0.478 e. The van der Waals surface area contributed by atoms with E-state index in [1.807, 2.05) is 0 Å². The van der Waals surface area contributed by atoms with E-state index in [2.05, 4.69) is 10.3 Å². The van der Waals surface area contributed by atoms with E-state index in [0.717, 1.165) is 11.8 Å². The number of hydrogen-bond acceptors (Lipinski definition) is 3. The molecule has 4 heteroatoms. The Labute approximate surface area is 100 Å². The highest BCUT2D eigenvalue weighted by Crippen LogP contribution is 2.46. The largest absolute Gasteiger partial charge is 0.478 e. The topological polar surface area (TPSA) is 62.2 Å². The van der Waals surface area contributed by atoms with Gasteiger partial charge in [0.1, 0.15) is 0 Å². The summed E-state index contributed by atoms with van der Waals surface area (Å²) in [7, 11) is 0. The molecular weight excluding hydrogens is 216 g/mol. The molecule has 0 aromatic carbocycles. The van der Waals surface area contributed by atoms with Crippen LogP contribution in [0, 0.1) is 11.8 Å². The number of pyridine rings is 1. The molecule has 2 aliphatic carbocycles. The zero-order chi connectivity index (χ0) is 11.8. The number of anilines is 1. The summed E-state index contributed by atoms with van der Waals surface area (Å²) in [5.41, 5.74) is 0.995. The second-order valence-electron chi connectivity index (χ2n) is 5.07. The molecule has 0 saturated heterocycles. The highest BCUT2D eigenvalue weighted by atomic mass is 16.4. The molecule has 0 aliphatic heterocycles. The summed E-state index contributed by atoms with van der Waals surface area (Å²) in [6.07, 6.45) is 8.25. The fourth-order valence-corrected chi connectivity index (χ4v) is 2.41. The Kier molecular flexibility index (Phi) is 2.50. The Morgan fingerprint density at radius 3 is 2.53 bits per heavy atom. The molecule has 2 fully saturated rings. The van der Waals surface area contributed by atoms with Crippen LogP contribution in [0.15, 0.2) is 18.5 Å². The van der Waals surface area contributed by atoms with E-state index < -0.39 is 5.97 Å². The number of aromatic carboxylic acids is 1. The van der Waals surface area contributed by atoms with Crippen molar-refractivity contribution in [2.75, 3.05) is 5.32 Å². The van der Waals surface area contributed by atoms with Crippen LogP contribution in [-0.4, -0.2) is 22.1 Å². The average Bonchev–Trinajstić information content (AvgIpc) is 3.16. The summed E-state index contributed by atoms with van der Waals surface area (Å²) in [4.78, 5) is 15.1. The maximum atomic E-state index is 11.1. The maximum absolute atomic E-state index is 11.1. The number of nitrogens with zero attached hydrogens (tertiary/aromatic N) is 1. The van der Waals surface area contributed by atoms with Gasteiger partial charge in [0.05, 0.1) is 17.4 Å². The third-order valence-electron chi connectivity index (χ3n) is 3.63. The van der Waals surface area contributed by atoms with Crippen LogP contribution in [-0.2, 0) is 0 Å². The lowest BCUT2D eigenvalue weighted by atomic mass is 10.1. The highest BCUT2D eigenvalue weighted by molar-refractivity contribution is 5.93. The van der Waals surface area contributed by atoms with Crippen molar-refractivity contribution in [3.05, 3.63) is 24.0 Å². The van der Waals surface area contributed by atoms with Crippen molar-refractivity contribution in [3.8, 4) is 0 Å². The molecule has 2 saturated carbocycles. The number of aromatic nitrogens is 1. The molecule has 0 unspecified atom stereocenters. The minimum atomic E-state index is -0.889. The van der Waals surface area contributed by atoms with Crippen LogP contribution in [0.1, 0.15) is 36.0 Å². The van der Waals surface area contributed by atoms with Crippen LogP contribution >= 0.6 is 0 Å². The van der Waals surface area contributed by atoms with Gasteiger partial charge in [-0.2, -0.15) is 0 Å². The molecule has 0 bridgehead atoms. The number of carboxylic acid groups (broad SMARTS) is 1. The van der Waals surface area contributed by atoms with Crippen molar-refractivity contribution in [1.29, 1.82) is 0 Å². The maximum Gasteiger partial charge on any atom is 0.337 e. The molecule has 17 heavy (non-hydrogen) atoms. The fraction of sp³-hybridized carbons (Fsp3) is 0.538. The molecule has 2 aliphatic rings. The van der Waals surface area contributed by atoms with Gasteiger partial charge in [0.25, 0.3) is 0 Å². The van der Waals surface area contributed by atoms with Crippen molar-refractivity contribution < 1.29 is 9.90 Å². The smallest absolute Gasteiger partial charge is 0.337 e. The standard InChI is InChI=1S/C13H16N2O2/c16-13(17)10-5-6-14-7-11(10)15-12(8-1-2-8)9-3-4-9/h5-9,12,15H,1-4H2,(H,16,17). The first kappa shape index (κ1) is 10.6. The van der Waals surface area contributed by atoms with Crippen LogP contribution in [0.2, 0.25) is 0 Å². The number of carbonyl (C=O) groups is 1. The van der Waals surface area contributed by atoms with Crippen molar-refractivity contribution in [1.82, 2.24) is 4.98 Å². The van der Waals surface area contributed by atoms with Gasteiger partial charge >= 0.3 is 5.97 Å². The first-order valence-corrected chi connectivity index (χ1v) is 6.19. The zero-order valence-electron chi connectivity index (χ0n) is 9.60. The molecule has 1 aromatic heterocycles. The Bertz CT molecular complexity index is 427. The number of carboxylic acids is 1. The van der Waals surface area contributed by atoms with E-state index in [-0.39, 0.29) is 0 Å². The Balaban J connectivity index is 1.80. The highest BCUT2D eigenvalue weighted by Gasteiger charge is 2.41. The first-order chi connectivity index (χ1) is 8.25. The van der Waals surface area contributed by atoms with E-state index in [4.69, 9.17) is 5.11 Å². The van der Waals surface area contributed by atoms with Crippen molar-refractivity contribution in [3.63, 3.8) is 0 Å². The number of nitrogens with one attached hydrogen (secondary N) is 1. The van der Waals surface area contributed by atoms with E-state index in [0.29, 0.717) is 17.3 Å². The van der Waals surface area contributed by atoms with Crippen molar-refractivity contribution in [2.24, 2.45) is 11.8 Å². The van der Waals surface area contributed by atoms with E-state index in [9.17, 15) is 4.79 Å². The zero-order valence-corrected chi connectivity index (χ0v) is 9.60. The van der Waals surface area contributed by atoms with E-state index in [1.54, 1.807) is 12.3 Å². The van der Waals surface area contributed by atoms with Gasteiger partial charge < -0.3 is 10.4 Å². The molecule has 2 N–H and O–H groups in total. The summed E-state index contributed by atoms with van der Waals surface area (Å²) in [6.45, 7) is 0. The first-order valence-electron chi connectivity index (χ1n) is 6.19. The van der Waals surface area contributed by atoms with Crippen molar-refractivity contribution in [2.45, 2.75) is 31.7 Å². The summed E-state index contributed by atoms with van der Waals surface area (Å²) >= 11 is 0. The Morgan fingerprint density at radius 2 is 2.00 bits per heavy atom. The SMILES string of the molecule is O=C(O)c1ccncc1NC(C1CC1)C1CC1. The summed E-state index contributed by atoms with van der Waals surface area (Å²) in [5.74, 6) is 0.592. The fourth-order valence-electron chi connectivity index (χ4n) is 2.41. The molecule has 4 nitrogen and oxygen atoms in total. The van der Waals surface area contributed by atoms with Gasteiger partial charge in [0, 0.05) is 12.2 Å². The van der Waals surface area contributed by atoms with Gasteiger partial charge in [0.2, 0.25) is 0 Å². The molecule has 1 heterocycles. The van der Waals surface area contributed by atoms with Crippen LogP contribution < -0.4 is 5.32 Å². The van der Waals surface area contributed by atoms with Gasteiger partial charge in [-0.15, -0.1) is 0 Å². The van der Waals surface area contributed by atoms with Crippen molar-refractivity contribution >= 4 is 11.7 Å². The van der Waals surface area contributed by atoms with Crippen LogP contribution in [0.4, 0.5) is 5.69 Å². The summed E-state index contributed by atoms with van der Waals surface area (Å²) < 4.78 is 0. The van der Waals surface area contributed by atoms with Gasteiger partial charge in [-0.25, -0.2) is 4.79 Å². The lowest BCUT2D eigenvalue weighted by molar-refractivity contribution is 0.0697. The van der Waals surface area contributed by atoms with Gasteiger partial charge in [-0.1, -0.05) is 0 Å². The predicted molar refractivity (Wildman–Crippen MR) is 64.1 cm³/mol. The Morgan fingerprint density at radius 1 is 1.35 bits per heavy atom. The third kappa shape index (κ3) is 2.25.